The summed E-state index contributed by atoms with van der Waals surface area (Å²) < 4.78 is 3.77. The molecule has 106 valence electrons. The molecule has 0 radical (unpaired) electrons. The Kier molecular flexibility index (Phi) is 3.58. The molecule has 7 nitrogen and oxygen atoms in total. The third-order valence-corrected chi connectivity index (χ3v) is 3.83. The SMILES string of the molecule is CC1=C(C(=O)O)C(c2nnsc2C)C(C(=O)O)=C(C)N1. The van der Waals surface area contributed by atoms with Gasteiger partial charge in [-0.05, 0) is 32.3 Å². The van der Waals surface area contributed by atoms with E-state index in [0.717, 1.165) is 11.5 Å². The molecule has 0 amide bonds. The lowest BCUT2D eigenvalue weighted by molar-refractivity contribution is -0.133. The van der Waals surface area contributed by atoms with Gasteiger partial charge in [0.2, 0.25) is 0 Å². The molecule has 1 aromatic rings. The van der Waals surface area contributed by atoms with E-state index in [4.69, 9.17) is 0 Å². The van der Waals surface area contributed by atoms with E-state index >= 15 is 0 Å². The average molecular weight is 295 g/mol. The van der Waals surface area contributed by atoms with Crippen molar-refractivity contribution in [2.24, 2.45) is 0 Å². The Morgan fingerprint density at radius 3 is 1.95 bits per heavy atom. The molecule has 1 aromatic heterocycles. The zero-order chi connectivity index (χ0) is 15.0. The molecule has 0 unspecified atom stereocenters. The number of carboxylic acid groups (broad SMARTS) is 2. The fourth-order valence-electron chi connectivity index (χ4n) is 2.34. The molecule has 0 saturated heterocycles. The van der Waals surface area contributed by atoms with E-state index in [1.54, 1.807) is 20.8 Å². The Morgan fingerprint density at radius 2 is 1.60 bits per heavy atom. The van der Waals surface area contributed by atoms with Gasteiger partial charge in [-0.25, -0.2) is 9.59 Å². The van der Waals surface area contributed by atoms with Crippen molar-refractivity contribution in [1.29, 1.82) is 0 Å². The molecule has 0 aromatic carbocycles. The van der Waals surface area contributed by atoms with Gasteiger partial charge < -0.3 is 15.5 Å². The Balaban J connectivity index is 2.71. The number of hydrogen-bond donors (Lipinski definition) is 3. The smallest absolute Gasteiger partial charge is 0.334 e. The number of aliphatic carboxylic acids is 2. The molecule has 2 rings (SSSR count). The van der Waals surface area contributed by atoms with Crippen molar-refractivity contribution >= 4 is 23.5 Å². The summed E-state index contributed by atoms with van der Waals surface area (Å²) in [6.07, 6.45) is 0. The fourth-order valence-corrected chi connectivity index (χ4v) is 2.84. The Hall–Kier alpha value is -2.22. The second-order valence-electron chi connectivity index (χ2n) is 4.46. The maximum Gasteiger partial charge on any atom is 0.334 e. The molecule has 20 heavy (non-hydrogen) atoms. The first-order chi connectivity index (χ1) is 9.34. The van der Waals surface area contributed by atoms with Crippen LogP contribution in [0.2, 0.25) is 0 Å². The van der Waals surface area contributed by atoms with E-state index in [1.165, 1.54) is 0 Å². The van der Waals surface area contributed by atoms with Crippen LogP contribution < -0.4 is 5.32 Å². The number of allylic oxidation sites excluding steroid dienone is 2. The molecule has 0 fully saturated rings. The van der Waals surface area contributed by atoms with Crippen molar-refractivity contribution in [2.75, 3.05) is 0 Å². The predicted octanol–water partition coefficient (Wildman–Crippen LogP) is 1.25. The minimum Gasteiger partial charge on any atom is -0.478 e. The van der Waals surface area contributed by atoms with Crippen LogP contribution in [0.5, 0.6) is 0 Å². The van der Waals surface area contributed by atoms with Gasteiger partial charge >= 0.3 is 11.9 Å². The van der Waals surface area contributed by atoms with E-state index < -0.39 is 17.9 Å². The van der Waals surface area contributed by atoms with Crippen LogP contribution in [0, 0.1) is 6.92 Å². The van der Waals surface area contributed by atoms with Gasteiger partial charge in [0.1, 0.15) is 0 Å². The van der Waals surface area contributed by atoms with Crippen LogP contribution in [-0.2, 0) is 9.59 Å². The summed E-state index contributed by atoms with van der Waals surface area (Å²) in [6.45, 7) is 4.95. The van der Waals surface area contributed by atoms with Crippen molar-refractivity contribution in [1.82, 2.24) is 14.9 Å². The predicted molar refractivity (Wildman–Crippen MR) is 71.2 cm³/mol. The van der Waals surface area contributed by atoms with Crippen LogP contribution in [0.25, 0.3) is 0 Å². The van der Waals surface area contributed by atoms with Crippen molar-refractivity contribution in [2.45, 2.75) is 26.7 Å². The number of hydrogen-bond acceptors (Lipinski definition) is 6. The molecule has 1 aliphatic rings. The molecule has 0 spiro atoms. The first kappa shape index (κ1) is 14.2. The average Bonchev–Trinajstić information content (AvgIpc) is 2.72. The van der Waals surface area contributed by atoms with E-state index in [1.807, 2.05) is 0 Å². The quantitative estimate of drug-likeness (QED) is 0.769. The maximum atomic E-state index is 11.5. The van der Waals surface area contributed by atoms with Gasteiger partial charge in [0.05, 0.1) is 22.8 Å². The van der Waals surface area contributed by atoms with Crippen LogP contribution in [0.4, 0.5) is 0 Å². The summed E-state index contributed by atoms with van der Waals surface area (Å²) in [6, 6.07) is 0. The normalized spacial score (nSPS) is 16.4. The van der Waals surface area contributed by atoms with Crippen molar-refractivity contribution in [3.8, 4) is 0 Å². The third kappa shape index (κ3) is 2.18. The zero-order valence-corrected chi connectivity index (χ0v) is 11.9. The third-order valence-electron chi connectivity index (χ3n) is 3.18. The van der Waals surface area contributed by atoms with E-state index in [2.05, 4.69) is 14.9 Å². The molecular weight excluding hydrogens is 282 g/mol. The molecule has 3 N–H and O–H groups in total. The van der Waals surface area contributed by atoms with Crippen LogP contribution in [0.3, 0.4) is 0 Å². The summed E-state index contributed by atoms with van der Waals surface area (Å²) in [7, 11) is 0. The monoisotopic (exact) mass is 295 g/mol. The van der Waals surface area contributed by atoms with Gasteiger partial charge in [0.25, 0.3) is 0 Å². The number of rotatable bonds is 3. The topological polar surface area (TPSA) is 112 Å². The van der Waals surface area contributed by atoms with Crippen LogP contribution >= 0.6 is 11.5 Å². The van der Waals surface area contributed by atoms with Crippen LogP contribution in [0.1, 0.15) is 30.3 Å². The lowest BCUT2D eigenvalue weighted by Crippen LogP contribution is -2.31. The highest BCUT2D eigenvalue weighted by Crippen LogP contribution is 2.38. The molecule has 1 aliphatic heterocycles. The molecule has 0 saturated carbocycles. The van der Waals surface area contributed by atoms with Crippen LogP contribution in [-0.4, -0.2) is 31.7 Å². The highest BCUT2D eigenvalue weighted by molar-refractivity contribution is 7.05. The van der Waals surface area contributed by atoms with Gasteiger partial charge in [-0.1, -0.05) is 4.49 Å². The zero-order valence-electron chi connectivity index (χ0n) is 11.1. The number of aryl methyl sites for hydroxylation is 1. The van der Waals surface area contributed by atoms with Crippen molar-refractivity contribution in [3.05, 3.63) is 33.1 Å². The Labute approximate surface area is 118 Å². The largest absolute Gasteiger partial charge is 0.478 e. The second kappa shape index (κ2) is 5.04. The maximum absolute atomic E-state index is 11.5. The number of dihydropyridines is 1. The standard InChI is InChI=1S/C12H13N3O4S/c1-4-7(11(16)17)9(10-6(3)20-15-14-10)8(12(18)19)5(2)13-4/h9,13H,1-3H3,(H,16,17)(H,18,19). The van der Waals surface area contributed by atoms with Gasteiger partial charge in [0.15, 0.2) is 0 Å². The molecule has 0 bridgehead atoms. The van der Waals surface area contributed by atoms with Crippen molar-refractivity contribution in [3.63, 3.8) is 0 Å². The number of aromatic nitrogens is 2. The molecular formula is C12H13N3O4S. The Morgan fingerprint density at radius 1 is 1.10 bits per heavy atom. The van der Waals surface area contributed by atoms with Gasteiger partial charge in [0, 0.05) is 16.3 Å². The molecule has 0 atom stereocenters. The van der Waals surface area contributed by atoms with Crippen LogP contribution in [0.15, 0.2) is 22.5 Å². The van der Waals surface area contributed by atoms with Gasteiger partial charge in [-0.3, -0.25) is 0 Å². The Bertz CT molecular complexity index is 623. The summed E-state index contributed by atoms with van der Waals surface area (Å²) in [5.41, 5.74) is 1.19. The number of nitrogens with zero attached hydrogens (tertiary/aromatic N) is 2. The summed E-state index contributed by atoms with van der Waals surface area (Å²) >= 11 is 1.12. The van der Waals surface area contributed by atoms with E-state index in [-0.39, 0.29) is 11.1 Å². The van der Waals surface area contributed by atoms with E-state index in [0.29, 0.717) is 22.0 Å². The lowest BCUT2D eigenvalue weighted by Gasteiger charge is -2.27. The first-order valence-corrected chi connectivity index (χ1v) is 6.56. The molecule has 0 aliphatic carbocycles. The minimum absolute atomic E-state index is 0.0104. The van der Waals surface area contributed by atoms with Gasteiger partial charge in [-0.15, -0.1) is 5.10 Å². The fraction of sp³-hybridized carbons (Fsp3) is 0.333. The lowest BCUT2D eigenvalue weighted by atomic mass is 9.83. The highest BCUT2D eigenvalue weighted by atomic mass is 32.1. The summed E-state index contributed by atoms with van der Waals surface area (Å²) in [4.78, 5) is 23.7. The number of nitrogens with one attached hydrogen (secondary N) is 1. The highest BCUT2D eigenvalue weighted by Gasteiger charge is 2.38. The molecule has 8 heteroatoms. The number of carboxylic acids is 2. The summed E-state index contributed by atoms with van der Waals surface area (Å²) in [5, 5.41) is 25.5. The van der Waals surface area contributed by atoms with E-state index in [9.17, 15) is 19.8 Å². The first-order valence-electron chi connectivity index (χ1n) is 5.78. The second-order valence-corrected chi connectivity index (χ2v) is 5.42. The number of carbonyl (C=O) groups is 2. The van der Waals surface area contributed by atoms with Crippen molar-refractivity contribution < 1.29 is 19.8 Å². The minimum atomic E-state index is -1.17. The summed E-state index contributed by atoms with van der Waals surface area (Å²) in [5.74, 6) is -3.25. The van der Waals surface area contributed by atoms with Gasteiger partial charge in [-0.2, -0.15) is 0 Å². The molecule has 2 heterocycles.